The van der Waals surface area contributed by atoms with Crippen molar-refractivity contribution in [3.63, 3.8) is 0 Å². The van der Waals surface area contributed by atoms with E-state index in [2.05, 4.69) is 37.0 Å². The second-order valence-corrected chi connectivity index (χ2v) is 5.09. The maximum Gasteiger partial charge on any atom is 0.357 e. The molecule has 0 aromatic heterocycles. The van der Waals surface area contributed by atoms with Gasteiger partial charge in [0.15, 0.2) is 11.3 Å². The normalized spacial score (nSPS) is 25.8. The van der Waals surface area contributed by atoms with Crippen LogP contribution >= 0.6 is 31.9 Å². The molecule has 1 aliphatic carbocycles. The Morgan fingerprint density at radius 3 is 2.31 bits per heavy atom. The van der Waals surface area contributed by atoms with Crippen molar-refractivity contribution < 1.29 is 19.5 Å². The SMILES string of the molecule is O=C1C(Br)=CC2(C=C1Br)C/C(=N\O)C(=O)O2. The molecule has 0 bridgehead atoms. The third kappa shape index (κ3) is 1.73. The van der Waals surface area contributed by atoms with Crippen LogP contribution in [0.5, 0.6) is 0 Å². The molecule has 84 valence electrons. The van der Waals surface area contributed by atoms with Gasteiger partial charge in [0.25, 0.3) is 0 Å². The highest BCUT2D eigenvalue weighted by Gasteiger charge is 2.45. The number of nitrogens with zero attached hydrogens (tertiary/aromatic N) is 1. The van der Waals surface area contributed by atoms with Gasteiger partial charge >= 0.3 is 5.97 Å². The highest BCUT2D eigenvalue weighted by Crippen LogP contribution is 2.37. The van der Waals surface area contributed by atoms with E-state index < -0.39 is 11.6 Å². The summed E-state index contributed by atoms with van der Waals surface area (Å²) in [5.74, 6) is -0.916. The standard InChI is InChI=1S/C9H5Br2NO4/c10-4-1-9(2-5(11)7(4)13)3-6(12-15)8(14)16-9/h1-2,15H,3H2/b12-6+. The predicted octanol–water partition coefficient (Wildman–Crippen LogP) is 1.64. The molecule has 0 unspecified atom stereocenters. The number of carbonyl (C=O) groups excluding carboxylic acids is 2. The molecule has 2 aliphatic rings. The molecule has 1 heterocycles. The summed E-state index contributed by atoms with van der Waals surface area (Å²) >= 11 is 6.18. The molecule has 1 spiro atoms. The molecule has 7 heteroatoms. The number of ether oxygens (including phenoxy) is 1. The minimum Gasteiger partial charge on any atom is -0.445 e. The molecule has 0 aromatic rings. The summed E-state index contributed by atoms with van der Waals surface area (Å²) in [7, 11) is 0. The van der Waals surface area contributed by atoms with Gasteiger partial charge in [0.2, 0.25) is 5.78 Å². The van der Waals surface area contributed by atoms with Crippen molar-refractivity contribution in [3.8, 4) is 0 Å². The van der Waals surface area contributed by atoms with Crippen molar-refractivity contribution in [1.82, 2.24) is 0 Å². The maximum atomic E-state index is 11.4. The minimum atomic E-state index is -1.04. The molecule has 2 rings (SSSR count). The van der Waals surface area contributed by atoms with Crippen LogP contribution in [-0.2, 0) is 14.3 Å². The second kappa shape index (κ2) is 3.81. The first kappa shape index (κ1) is 11.5. The smallest absolute Gasteiger partial charge is 0.357 e. The summed E-state index contributed by atoms with van der Waals surface area (Å²) in [5, 5.41) is 11.4. The highest BCUT2D eigenvalue weighted by molar-refractivity contribution is 9.13. The molecule has 0 amide bonds. The van der Waals surface area contributed by atoms with E-state index in [0.29, 0.717) is 8.96 Å². The van der Waals surface area contributed by atoms with Crippen molar-refractivity contribution in [3.05, 3.63) is 21.1 Å². The molecule has 0 saturated carbocycles. The number of halogens is 2. The van der Waals surface area contributed by atoms with E-state index in [1.165, 1.54) is 12.2 Å². The lowest BCUT2D eigenvalue weighted by Crippen LogP contribution is -2.28. The number of Topliss-reactive ketones (excluding diaryl/α,β-unsaturated/α-hetero) is 1. The monoisotopic (exact) mass is 349 g/mol. The second-order valence-electron chi connectivity index (χ2n) is 3.38. The third-order valence-corrected chi connectivity index (χ3v) is 3.44. The van der Waals surface area contributed by atoms with Gasteiger partial charge in [-0.05, 0) is 44.0 Å². The van der Waals surface area contributed by atoms with E-state index in [1.807, 2.05) is 0 Å². The molecule has 1 aliphatic heterocycles. The quantitative estimate of drug-likeness (QED) is 0.409. The Morgan fingerprint density at radius 2 is 1.88 bits per heavy atom. The fourth-order valence-electron chi connectivity index (χ4n) is 1.55. The molecule has 1 N–H and O–H groups in total. The first-order chi connectivity index (χ1) is 7.47. The van der Waals surface area contributed by atoms with Gasteiger partial charge < -0.3 is 9.94 Å². The van der Waals surface area contributed by atoms with Crippen molar-refractivity contribution >= 4 is 49.3 Å². The van der Waals surface area contributed by atoms with Crippen molar-refractivity contribution in [2.75, 3.05) is 0 Å². The Kier molecular flexibility index (Phi) is 2.75. The van der Waals surface area contributed by atoms with E-state index >= 15 is 0 Å². The topological polar surface area (TPSA) is 76.0 Å². The number of hydrogen-bond donors (Lipinski definition) is 1. The molecule has 0 radical (unpaired) electrons. The molecular weight excluding hydrogens is 346 g/mol. The summed E-state index contributed by atoms with van der Waals surface area (Å²) < 4.78 is 5.69. The average molecular weight is 351 g/mol. The van der Waals surface area contributed by atoms with Crippen molar-refractivity contribution in [2.24, 2.45) is 5.16 Å². The number of carbonyl (C=O) groups is 2. The molecule has 0 atom stereocenters. The molecule has 5 nitrogen and oxygen atoms in total. The zero-order valence-corrected chi connectivity index (χ0v) is 10.9. The van der Waals surface area contributed by atoms with Gasteiger partial charge in [0, 0.05) is 6.42 Å². The van der Waals surface area contributed by atoms with E-state index in [0.717, 1.165) is 0 Å². The van der Waals surface area contributed by atoms with E-state index in [9.17, 15) is 9.59 Å². The van der Waals surface area contributed by atoms with E-state index in [-0.39, 0.29) is 17.9 Å². The Bertz CT molecular complexity index is 456. The van der Waals surface area contributed by atoms with Crippen LogP contribution in [-0.4, -0.2) is 28.3 Å². The van der Waals surface area contributed by atoms with E-state index in [4.69, 9.17) is 9.94 Å². The van der Waals surface area contributed by atoms with Gasteiger partial charge in [-0.25, -0.2) is 4.79 Å². The van der Waals surface area contributed by atoms with Crippen LogP contribution in [0.15, 0.2) is 26.3 Å². The van der Waals surface area contributed by atoms with Gasteiger partial charge in [-0.1, -0.05) is 5.16 Å². The lowest BCUT2D eigenvalue weighted by Gasteiger charge is -2.23. The van der Waals surface area contributed by atoms with Gasteiger partial charge in [-0.2, -0.15) is 0 Å². The lowest BCUT2D eigenvalue weighted by atomic mass is 9.94. The summed E-state index contributed by atoms with van der Waals surface area (Å²) in [5.41, 5.74) is -1.10. The number of allylic oxidation sites excluding steroid dienone is 2. The summed E-state index contributed by atoms with van der Waals surface area (Å²) in [6.07, 6.45) is 3.06. The predicted molar refractivity (Wildman–Crippen MR) is 61.7 cm³/mol. The molecule has 16 heavy (non-hydrogen) atoms. The highest BCUT2D eigenvalue weighted by atomic mass is 79.9. The van der Waals surface area contributed by atoms with Gasteiger partial charge in [-0.15, -0.1) is 0 Å². The Hall–Kier alpha value is -0.950. The zero-order chi connectivity index (χ0) is 11.9. The molecule has 1 saturated heterocycles. The molecule has 0 aromatic carbocycles. The Morgan fingerprint density at radius 1 is 1.31 bits per heavy atom. The zero-order valence-electron chi connectivity index (χ0n) is 7.74. The third-order valence-electron chi connectivity index (χ3n) is 2.26. The van der Waals surface area contributed by atoms with E-state index in [1.54, 1.807) is 0 Å². The van der Waals surface area contributed by atoms with Crippen LogP contribution in [0.1, 0.15) is 6.42 Å². The lowest BCUT2D eigenvalue weighted by molar-refractivity contribution is -0.139. The molecule has 1 fully saturated rings. The van der Waals surface area contributed by atoms with Crippen LogP contribution in [0, 0.1) is 0 Å². The fourth-order valence-corrected chi connectivity index (χ4v) is 3.02. The number of ketones is 1. The summed E-state index contributed by atoms with van der Waals surface area (Å²) in [6.45, 7) is 0. The van der Waals surface area contributed by atoms with Gasteiger partial charge in [0.05, 0.1) is 8.96 Å². The van der Waals surface area contributed by atoms with Gasteiger partial charge in [0.1, 0.15) is 0 Å². The number of esters is 1. The first-order valence-electron chi connectivity index (χ1n) is 4.23. The maximum absolute atomic E-state index is 11.4. The number of oxime groups is 1. The summed E-state index contributed by atoms with van der Waals surface area (Å²) in [4.78, 5) is 22.7. The van der Waals surface area contributed by atoms with Crippen LogP contribution in [0.25, 0.3) is 0 Å². The first-order valence-corrected chi connectivity index (χ1v) is 5.82. The van der Waals surface area contributed by atoms with Crippen molar-refractivity contribution in [2.45, 2.75) is 12.0 Å². The minimum absolute atomic E-state index is 0.0672. The number of rotatable bonds is 0. The average Bonchev–Trinajstić information content (AvgIpc) is 2.51. The van der Waals surface area contributed by atoms with Gasteiger partial charge in [-0.3, -0.25) is 4.79 Å². The Labute approximate surface area is 107 Å². The van der Waals surface area contributed by atoms with Crippen LogP contribution < -0.4 is 0 Å². The van der Waals surface area contributed by atoms with Crippen molar-refractivity contribution in [1.29, 1.82) is 0 Å². The van der Waals surface area contributed by atoms with Crippen LogP contribution in [0.4, 0.5) is 0 Å². The summed E-state index contributed by atoms with van der Waals surface area (Å²) in [6, 6.07) is 0. The largest absolute Gasteiger partial charge is 0.445 e. The number of hydrogen-bond acceptors (Lipinski definition) is 5. The molecular formula is C9H5Br2NO4. The van der Waals surface area contributed by atoms with Crippen LogP contribution in [0.3, 0.4) is 0 Å². The Balaban J connectivity index is 2.43. The van der Waals surface area contributed by atoms with Crippen LogP contribution in [0.2, 0.25) is 0 Å². The fraction of sp³-hybridized carbons (Fsp3) is 0.222.